The molecule has 2 N–H and O–H groups in total. The lowest BCUT2D eigenvalue weighted by Gasteiger charge is -2.18. The highest BCUT2D eigenvalue weighted by Gasteiger charge is 2.40. The summed E-state index contributed by atoms with van der Waals surface area (Å²) in [5.41, 5.74) is 7.01. The third kappa shape index (κ3) is 4.12. The van der Waals surface area contributed by atoms with Crippen LogP contribution in [0.2, 0.25) is 0 Å². The van der Waals surface area contributed by atoms with E-state index in [-0.39, 0.29) is 28.6 Å². The molecule has 1 saturated heterocycles. The van der Waals surface area contributed by atoms with Crippen LogP contribution >= 0.6 is 11.8 Å². The standard InChI is InChI=1S/C20H16N4O4S/c1-12-4-2-6-14(8-12)23-19(26)17(29-20(23)16(11-21)18(22)25)10-13-5-3-7-15(9-13)24(27)28/h2-9,17H,10H2,1H3,(H2,22,25)/b20-16+/t17-/m0/s1. The quantitative estimate of drug-likeness (QED) is 0.350. The fourth-order valence-corrected chi connectivity index (χ4v) is 4.33. The number of rotatable bonds is 5. The molecule has 1 heterocycles. The number of non-ortho nitro benzene ring substituents is 1. The molecule has 29 heavy (non-hydrogen) atoms. The lowest BCUT2D eigenvalue weighted by molar-refractivity contribution is -0.384. The predicted molar refractivity (Wildman–Crippen MR) is 109 cm³/mol. The number of anilines is 1. The summed E-state index contributed by atoms with van der Waals surface area (Å²) in [7, 11) is 0. The van der Waals surface area contributed by atoms with Gasteiger partial charge in [-0.1, -0.05) is 36.0 Å². The molecule has 0 aromatic heterocycles. The number of thioether (sulfide) groups is 1. The maximum Gasteiger partial charge on any atom is 0.269 e. The van der Waals surface area contributed by atoms with Crippen molar-refractivity contribution >= 4 is 35.0 Å². The van der Waals surface area contributed by atoms with Gasteiger partial charge in [-0.15, -0.1) is 0 Å². The SMILES string of the molecule is Cc1cccc(N2C(=O)[C@H](Cc3cccc([N+](=O)[O-])c3)S/C2=C(\C#N)C(N)=O)c1. The minimum absolute atomic E-state index is 0.0703. The molecular formula is C20H16N4O4S. The summed E-state index contributed by atoms with van der Waals surface area (Å²) in [4.78, 5) is 36.8. The van der Waals surface area contributed by atoms with Gasteiger partial charge in [0.05, 0.1) is 10.2 Å². The van der Waals surface area contributed by atoms with E-state index in [4.69, 9.17) is 5.73 Å². The van der Waals surface area contributed by atoms with Crippen LogP contribution < -0.4 is 10.6 Å². The van der Waals surface area contributed by atoms with Gasteiger partial charge in [0.1, 0.15) is 16.7 Å². The van der Waals surface area contributed by atoms with Crippen molar-refractivity contribution in [1.82, 2.24) is 0 Å². The number of nitro groups is 1. The maximum absolute atomic E-state index is 13.2. The number of benzene rings is 2. The van der Waals surface area contributed by atoms with E-state index in [9.17, 15) is 25.0 Å². The molecule has 1 aliphatic rings. The maximum atomic E-state index is 13.2. The van der Waals surface area contributed by atoms with E-state index >= 15 is 0 Å². The second-order valence-corrected chi connectivity index (χ2v) is 7.60. The van der Waals surface area contributed by atoms with Crippen LogP contribution in [0.3, 0.4) is 0 Å². The molecule has 9 heteroatoms. The molecule has 0 unspecified atom stereocenters. The Balaban J connectivity index is 2.03. The average molecular weight is 408 g/mol. The summed E-state index contributed by atoms with van der Waals surface area (Å²) in [5, 5.41) is 19.9. The zero-order chi connectivity index (χ0) is 21.1. The molecule has 0 bridgehead atoms. The van der Waals surface area contributed by atoms with Gasteiger partial charge in [-0.2, -0.15) is 5.26 Å². The van der Waals surface area contributed by atoms with Gasteiger partial charge in [-0.25, -0.2) is 0 Å². The van der Waals surface area contributed by atoms with Crippen LogP contribution in [0.15, 0.2) is 59.1 Å². The number of nitrogens with zero attached hydrogens (tertiary/aromatic N) is 3. The number of amides is 2. The van der Waals surface area contributed by atoms with Crippen LogP contribution in [-0.2, 0) is 16.0 Å². The van der Waals surface area contributed by atoms with E-state index in [2.05, 4.69) is 0 Å². The third-order valence-corrected chi connectivity index (χ3v) is 5.59. The van der Waals surface area contributed by atoms with Crippen LogP contribution in [0.4, 0.5) is 11.4 Å². The van der Waals surface area contributed by atoms with Crippen LogP contribution in [0, 0.1) is 28.4 Å². The predicted octanol–water partition coefficient (Wildman–Crippen LogP) is 2.81. The van der Waals surface area contributed by atoms with Crippen LogP contribution in [-0.4, -0.2) is 22.0 Å². The normalized spacial score (nSPS) is 17.7. The zero-order valence-electron chi connectivity index (χ0n) is 15.4. The lowest BCUT2D eigenvalue weighted by Crippen LogP contribution is -2.31. The minimum atomic E-state index is -0.920. The highest BCUT2D eigenvalue weighted by atomic mass is 32.2. The monoisotopic (exact) mass is 408 g/mol. The van der Waals surface area contributed by atoms with E-state index in [1.54, 1.807) is 36.4 Å². The van der Waals surface area contributed by atoms with Crippen LogP contribution in [0.5, 0.6) is 0 Å². The molecule has 1 aliphatic heterocycles. The number of aryl methyl sites for hydroxylation is 1. The number of nitro benzene ring substituents is 1. The Labute approximate surface area is 170 Å². The van der Waals surface area contributed by atoms with Gasteiger partial charge in [-0.3, -0.25) is 24.6 Å². The first kappa shape index (κ1) is 20.1. The smallest absolute Gasteiger partial charge is 0.269 e. The number of carbonyl (C=O) groups excluding carboxylic acids is 2. The van der Waals surface area contributed by atoms with Crippen molar-refractivity contribution in [2.45, 2.75) is 18.6 Å². The highest BCUT2D eigenvalue weighted by Crippen LogP contribution is 2.42. The lowest BCUT2D eigenvalue weighted by atomic mass is 10.1. The van der Waals surface area contributed by atoms with E-state index in [0.717, 1.165) is 17.3 Å². The van der Waals surface area contributed by atoms with E-state index < -0.39 is 16.1 Å². The van der Waals surface area contributed by atoms with Gasteiger partial charge in [-0.05, 0) is 36.6 Å². The van der Waals surface area contributed by atoms with Crippen molar-refractivity contribution in [1.29, 1.82) is 5.26 Å². The number of primary amides is 1. The third-order valence-electron chi connectivity index (χ3n) is 4.33. The van der Waals surface area contributed by atoms with Gasteiger partial charge < -0.3 is 5.73 Å². The number of nitrogens with two attached hydrogens (primary N) is 1. The molecule has 8 nitrogen and oxygen atoms in total. The van der Waals surface area contributed by atoms with Crippen molar-refractivity contribution < 1.29 is 14.5 Å². The second kappa shape index (κ2) is 8.16. The molecule has 0 aliphatic carbocycles. The average Bonchev–Trinajstić information content (AvgIpc) is 2.98. The Bertz CT molecular complexity index is 1090. The van der Waals surface area contributed by atoms with E-state index in [1.165, 1.54) is 17.0 Å². The molecule has 2 aromatic carbocycles. The summed E-state index contributed by atoms with van der Waals surface area (Å²) in [5.74, 6) is -1.24. The Hall–Kier alpha value is -3.64. The fraction of sp³-hybridized carbons (Fsp3) is 0.150. The van der Waals surface area contributed by atoms with Crippen molar-refractivity contribution in [2.75, 3.05) is 4.90 Å². The molecule has 1 atom stereocenters. The number of carbonyl (C=O) groups is 2. The summed E-state index contributed by atoms with van der Waals surface area (Å²) in [6.45, 7) is 1.86. The number of nitriles is 1. The molecular weight excluding hydrogens is 392 g/mol. The van der Waals surface area contributed by atoms with Crippen molar-refractivity contribution in [3.63, 3.8) is 0 Å². The summed E-state index contributed by atoms with van der Waals surface area (Å²) >= 11 is 1.06. The Morgan fingerprint density at radius 1 is 1.31 bits per heavy atom. The molecule has 146 valence electrons. The molecule has 2 amide bonds. The topological polar surface area (TPSA) is 130 Å². The minimum Gasteiger partial charge on any atom is -0.365 e. The first-order chi connectivity index (χ1) is 13.8. The molecule has 0 spiro atoms. The molecule has 0 radical (unpaired) electrons. The fourth-order valence-electron chi connectivity index (χ4n) is 3.01. The largest absolute Gasteiger partial charge is 0.365 e. The van der Waals surface area contributed by atoms with Gasteiger partial charge >= 0.3 is 0 Å². The summed E-state index contributed by atoms with van der Waals surface area (Å²) < 4.78 is 0. The summed E-state index contributed by atoms with van der Waals surface area (Å²) in [6.07, 6.45) is 0.203. The van der Waals surface area contributed by atoms with Crippen molar-refractivity contribution in [3.05, 3.63) is 80.4 Å². The number of hydrogen-bond acceptors (Lipinski definition) is 6. The molecule has 1 fully saturated rings. The highest BCUT2D eigenvalue weighted by molar-refractivity contribution is 8.05. The van der Waals surface area contributed by atoms with E-state index in [0.29, 0.717) is 11.3 Å². The summed E-state index contributed by atoms with van der Waals surface area (Å²) in [6, 6.07) is 14.9. The first-order valence-electron chi connectivity index (χ1n) is 8.56. The molecule has 3 rings (SSSR count). The van der Waals surface area contributed by atoms with Gasteiger partial charge in [0.2, 0.25) is 5.91 Å². The Kier molecular flexibility index (Phi) is 5.66. The second-order valence-electron chi connectivity index (χ2n) is 6.41. The van der Waals surface area contributed by atoms with Crippen molar-refractivity contribution in [3.8, 4) is 6.07 Å². The number of hydrogen-bond donors (Lipinski definition) is 1. The van der Waals surface area contributed by atoms with Gasteiger partial charge in [0, 0.05) is 17.8 Å². The van der Waals surface area contributed by atoms with Gasteiger partial charge in [0.15, 0.2) is 0 Å². The Morgan fingerprint density at radius 2 is 2.03 bits per heavy atom. The molecule has 2 aromatic rings. The van der Waals surface area contributed by atoms with Gasteiger partial charge in [0.25, 0.3) is 11.6 Å². The first-order valence-corrected chi connectivity index (χ1v) is 9.44. The zero-order valence-corrected chi connectivity index (χ0v) is 16.2. The molecule has 0 saturated carbocycles. The Morgan fingerprint density at radius 3 is 2.66 bits per heavy atom. The van der Waals surface area contributed by atoms with E-state index in [1.807, 2.05) is 13.0 Å². The van der Waals surface area contributed by atoms with Crippen molar-refractivity contribution in [2.24, 2.45) is 5.73 Å². The van der Waals surface area contributed by atoms with Crippen LogP contribution in [0.1, 0.15) is 11.1 Å². The van der Waals surface area contributed by atoms with Crippen LogP contribution in [0.25, 0.3) is 0 Å².